The van der Waals surface area contributed by atoms with Crippen molar-refractivity contribution in [2.75, 3.05) is 11.9 Å². The summed E-state index contributed by atoms with van der Waals surface area (Å²) in [6.45, 7) is 3.38. The number of nitrogens with zero attached hydrogens (tertiary/aromatic N) is 3. The summed E-state index contributed by atoms with van der Waals surface area (Å²) < 4.78 is 2.03. The molecule has 0 spiro atoms. The van der Waals surface area contributed by atoms with Crippen LogP contribution >= 0.6 is 0 Å². The van der Waals surface area contributed by atoms with Gasteiger partial charge in [0.25, 0.3) is 0 Å². The van der Waals surface area contributed by atoms with Crippen LogP contribution in [0, 0.1) is 11.8 Å². The molecule has 1 aliphatic rings. The molecule has 0 aromatic carbocycles. The highest BCUT2D eigenvalue weighted by molar-refractivity contribution is 5.85. The number of hydrogen-bond acceptors (Lipinski definition) is 3. The van der Waals surface area contributed by atoms with Gasteiger partial charge in [0.1, 0.15) is 5.52 Å². The maximum atomic E-state index is 4.43. The molecule has 1 fully saturated rings. The number of anilines is 1. The normalized spacial score (nSPS) is 23.1. The second-order valence-electron chi connectivity index (χ2n) is 6.24. The van der Waals surface area contributed by atoms with E-state index < -0.39 is 0 Å². The third-order valence-electron chi connectivity index (χ3n) is 4.53. The second-order valence-corrected chi connectivity index (χ2v) is 6.24. The molecule has 2 heterocycles. The van der Waals surface area contributed by atoms with E-state index in [1.54, 1.807) is 0 Å². The Kier molecular flexibility index (Phi) is 3.90. The fourth-order valence-electron chi connectivity index (χ4n) is 3.41. The third kappa shape index (κ3) is 2.79. The molecule has 20 heavy (non-hydrogen) atoms. The monoisotopic (exact) mass is 272 g/mol. The SMILES string of the molecule is CC1CCCC(CCNc2nccc3c2ncn3C)C1. The van der Waals surface area contributed by atoms with Gasteiger partial charge in [-0.2, -0.15) is 0 Å². The first-order chi connectivity index (χ1) is 9.74. The lowest BCUT2D eigenvalue weighted by molar-refractivity contribution is 0.274. The van der Waals surface area contributed by atoms with Crippen molar-refractivity contribution < 1.29 is 0 Å². The van der Waals surface area contributed by atoms with E-state index in [1.807, 2.05) is 30.2 Å². The number of imidazole rings is 1. The molecule has 1 N–H and O–H groups in total. The van der Waals surface area contributed by atoms with Gasteiger partial charge in [-0.25, -0.2) is 9.97 Å². The summed E-state index contributed by atoms with van der Waals surface area (Å²) in [6.07, 6.45) is 10.6. The Labute approximate surface area is 120 Å². The van der Waals surface area contributed by atoms with Gasteiger partial charge in [-0.15, -0.1) is 0 Å². The molecule has 0 radical (unpaired) electrons. The third-order valence-corrected chi connectivity index (χ3v) is 4.53. The summed E-state index contributed by atoms with van der Waals surface area (Å²) in [4.78, 5) is 8.86. The first-order valence-corrected chi connectivity index (χ1v) is 7.74. The van der Waals surface area contributed by atoms with E-state index in [4.69, 9.17) is 0 Å². The molecular formula is C16H24N4. The van der Waals surface area contributed by atoms with Crippen LogP contribution in [0.25, 0.3) is 11.0 Å². The fourth-order valence-corrected chi connectivity index (χ4v) is 3.41. The maximum Gasteiger partial charge on any atom is 0.154 e. The van der Waals surface area contributed by atoms with Crippen LogP contribution in [0.15, 0.2) is 18.6 Å². The molecule has 3 rings (SSSR count). The molecule has 0 aliphatic heterocycles. The van der Waals surface area contributed by atoms with Crippen molar-refractivity contribution in [1.82, 2.24) is 14.5 Å². The van der Waals surface area contributed by atoms with Crippen molar-refractivity contribution in [3.63, 3.8) is 0 Å². The molecule has 2 aromatic rings. The topological polar surface area (TPSA) is 42.7 Å². The number of nitrogens with one attached hydrogen (secondary N) is 1. The summed E-state index contributed by atoms with van der Waals surface area (Å²) >= 11 is 0. The van der Waals surface area contributed by atoms with Crippen LogP contribution in [0.4, 0.5) is 5.82 Å². The van der Waals surface area contributed by atoms with Crippen molar-refractivity contribution >= 4 is 16.9 Å². The molecular weight excluding hydrogens is 248 g/mol. The number of rotatable bonds is 4. The van der Waals surface area contributed by atoms with Crippen molar-refractivity contribution in [3.05, 3.63) is 18.6 Å². The highest BCUT2D eigenvalue weighted by atomic mass is 15.1. The Morgan fingerprint density at radius 1 is 1.35 bits per heavy atom. The molecule has 2 atom stereocenters. The van der Waals surface area contributed by atoms with Crippen LogP contribution in [0.3, 0.4) is 0 Å². The molecule has 4 nitrogen and oxygen atoms in total. The number of pyridine rings is 1. The average molecular weight is 272 g/mol. The van der Waals surface area contributed by atoms with E-state index in [0.29, 0.717) is 0 Å². The zero-order valence-corrected chi connectivity index (χ0v) is 12.5. The lowest BCUT2D eigenvalue weighted by atomic mass is 9.81. The zero-order chi connectivity index (χ0) is 13.9. The predicted molar refractivity (Wildman–Crippen MR) is 82.7 cm³/mol. The van der Waals surface area contributed by atoms with Gasteiger partial charge in [-0.1, -0.05) is 26.2 Å². The summed E-state index contributed by atoms with van der Waals surface area (Å²) in [7, 11) is 2.02. The van der Waals surface area contributed by atoms with Crippen LogP contribution in [0.5, 0.6) is 0 Å². The van der Waals surface area contributed by atoms with Crippen molar-refractivity contribution in [2.45, 2.75) is 39.0 Å². The smallest absolute Gasteiger partial charge is 0.154 e. The number of aryl methyl sites for hydroxylation is 1. The van der Waals surface area contributed by atoms with Gasteiger partial charge >= 0.3 is 0 Å². The van der Waals surface area contributed by atoms with Crippen LogP contribution in [-0.4, -0.2) is 21.1 Å². The van der Waals surface area contributed by atoms with Crippen molar-refractivity contribution in [1.29, 1.82) is 0 Å². The molecule has 108 valence electrons. The summed E-state index contributed by atoms with van der Waals surface area (Å²) in [5.74, 6) is 2.72. The van der Waals surface area contributed by atoms with Crippen molar-refractivity contribution in [2.24, 2.45) is 18.9 Å². The molecule has 2 aromatic heterocycles. The quantitative estimate of drug-likeness (QED) is 0.924. The Bertz CT molecular complexity index is 575. The van der Waals surface area contributed by atoms with Crippen LogP contribution < -0.4 is 5.32 Å². The van der Waals surface area contributed by atoms with E-state index in [9.17, 15) is 0 Å². The van der Waals surface area contributed by atoms with Crippen LogP contribution in [-0.2, 0) is 7.05 Å². The lowest BCUT2D eigenvalue weighted by Gasteiger charge is -2.26. The molecule has 0 amide bonds. The van der Waals surface area contributed by atoms with Crippen LogP contribution in [0.1, 0.15) is 39.0 Å². The van der Waals surface area contributed by atoms with Crippen LogP contribution in [0.2, 0.25) is 0 Å². The number of hydrogen-bond donors (Lipinski definition) is 1. The average Bonchev–Trinajstić information content (AvgIpc) is 2.82. The fraction of sp³-hybridized carbons (Fsp3) is 0.625. The first-order valence-electron chi connectivity index (χ1n) is 7.74. The largest absolute Gasteiger partial charge is 0.368 e. The van der Waals surface area contributed by atoms with Gasteiger partial charge in [-0.3, -0.25) is 0 Å². The summed E-state index contributed by atoms with van der Waals surface area (Å²) in [5, 5.41) is 3.48. The molecule has 0 bridgehead atoms. The minimum atomic E-state index is 0.884. The minimum Gasteiger partial charge on any atom is -0.368 e. The van der Waals surface area contributed by atoms with Gasteiger partial charge in [0.15, 0.2) is 5.82 Å². The van der Waals surface area contributed by atoms with Gasteiger partial charge in [0.2, 0.25) is 0 Å². The number of fused-ring (bicyclic) bond motifs is 1. The molecule has 1 saturated carbocycles. The Morgan fingerprint density at radius 2 is 2.25 bits per heavy atom. The Balaban J connectivity index is 1.60. The Hall–Kier alpha value is -1.58. The van der Waals surface area contributed by atoms with Gasteiger partial charge in [0.05, 0.1) is 11.8 Å². The van der Waals surface area contributed by atoms with E-state index in [-0.39, 0.29) is 0 Å². The zero-order valence-electron chi connectivity index (χ0n) is 12.5. The maximum absolute atomic E-state index is 4.43. The van der Waals surface area contributed by atoms with E-state index in [1.165, 1.54) is 32.1 Å². The van der Waals surface area contributed by atoms with Gasteiger partial charge in [-0.05, 0) is 30.7 Å². The van der Waals surface area contributed by atoms with Gasteiger partial charge in [0, 0.05) is 19.8 Å². The Morgan fingerprint density at radius 3 is 3.10 bits per heavy atom. The van der Waals surface area contributed by atoms with E-state index in [2.05, 4.69) is 22.2 Å². The van der Waals surface area contributed by atoms with Crippen molar-refractivity contribution in [3.8, 4) is 0 Å². The molecule has 1 aliphatic carbocycles. The summed E-state index contributed by atoms with van der Waals surface area (Å²) in [6, 6.07) is 2.01. The standard InChI is InChI=1S/C16H24N4/c1-12-4-3-5-13(10-12)6-8-17-16-15-14(7-9-18-16)20(2)11-19-15/h7,9,11-13H,3-6,8,10H2,1-2H3,(H,17,18). The van der Waals surface area contributed by atoms with E-state index in [0.717, 1.165) is 35.2 Å². The molecule has 2 unspecified atom stereocenters. The first kappa shape index (κ1) is 13.4. The highest BCUT2D eigenvalue weighted by Crippen LogP contribution is 2.30. The van der Waals surface area contributed by atoms with E-state index >= 15 is 0 Å². The number of aromatic nitrogens is 3. The molecule has 4 heteroatoms. The second kappa shape index (κ2) is 5.81. The summed E-state index contributed by atoms with van der Waals surface area (Å²) in [5.41, 5.74) is 2.11. The predicted octanol–water partition coefficient (Wildman–Crippen LogP) is 3.60. The minimum absolute atomic E-state index is 0.884. The van der Waals surface area contributed by atoms with Gasteiger partial charge < -0.3 is 9.88 Å². The molecule has 0 saturated heterocycles. The lowest BCUT2D eigenvalue weighted by Crippen LogP contribution is -2.17. The highest BCUT2D eigenvalue weighted by Gasteiger charge is 2.18.